The Morgan fingerprint density at radius 3 is 1.62 bits per heavy atom. The highest BCUT2D eigenvalue weighted by Crippen LogP contribution is 2.49. The molecule has 0 aliphatic carbocycles. The molecule has 10 heteroatoms. The molecule has 0 aliphatic heterocycles. The van der Waals surface area contributed by atoms with Gasteiger partial charge in [-0.3, -0.25) is 0 Å². The fourth-order valence-electron chi connectivity index (χ4n) is 4.38. The van der Waals surface area contributed by atoms with Crippen LogP contribution in [0.5, 0.6) is 0 Å². The summed E-state index contributed by atoms with van der Waals surface area (Å²) in [7, 11) is -5.50. The molecule has 0 bridgehead atoms. The Balaban J connectivity index is 2.87. The highest BCUT2D eigenvalue weighted by Gasteiger charge is 2.46. The van der Waals surface area contributed by atoms with Crippen LogP contribution in [0, 0.1) is 12.3 Å². The molecule has 0 radical (unpaired) electrons. The number of rotatable bonds is 12. The summed E-state index contributed by atoms with van der Waals surface area (Å²) in [6.07, 6.45) is -0.869. The normalized spacial score (nSPS) is 14.0. The van der Waals surface area contributed by atoms with Crippen LogP contribution in [-0.2, 0) is 31.2 Å². The van der Waals surface area contributed by atoms with Crippen molar-refractivity contribution in [3.8, 4) is 0 Å². The molecular weight excluding hydrogens is 514 g/mol. The van der Waals surface area contributed by atoms with Crippen molar-refractivity contribution in [1.82, 2.24) is 0 Å². The Kier molecular flexibility index (Phi) is 11.6. The zero-order valence-electron chi connectivity index (χ0n) is 22.8. The molecule has 2 rings (SSSR count). The molecule has 0 heterocycles. The van der Waals surface area contributed by atoms with Gasteiger partial charge in [-0.2, -0.15) is 0 Å². The number of ether oxygens (including phenoxy) is 1. The maximum absolute atomic E-state index is 10.8. The van der Waals surface area contributed by atoms with Crippen LogP contribution in [0.4, 0.5) is 0 Å². The van der Waals surface area contributed by atoms with Crippen molar-refractivity contribution in [2.24, 2.45) is 5.41 Å². The molecular formula is C27H42O8P2. The SMILES string of the molecule is Cc1cc(C(C)(C)C)c(C(OCc2ccccc2)C(CO)(COP(O)O)COP(O)O)c(C(C)(C)C)c1. The van der Waals surface area contributed by atoms with Crippen LogP contribution in [0.3, 0.4) is 0 Å². The molecule has 0 saturated carbocycles. The number of aliphatic hydroxyl groups is 1. The Morgan fingerprint density at radius 1 is 0.784 bits per heavy atom. The van der Waals surface area contributed by atoms with Crippen LogP contribution in [0.2, 0.25) is 0 Å². The standard InChI is InChI=1S/C27H42O8P2/c1-19-13-21(25(2,3)4)23(22(14-19)26(5,6)7)24(33-15-20-11-9-8-10-12-20)27(16-28,17-34-36(29)30)18-35-37(31)32/h8-14,24,28-32H,15-18H2,1-7H3. The summed E-state index contributed by atoms with van der Waals surface area (Å²) in [5.74, 6) is 0. The smallest absolute Gasteiger partial charge is 0.327 e. The van der Waals surface area contributed by atoms with Gasteiger partial charge in [-0.05, 0) is 40.0 Å². The first-order valence-electron chi connectivity index (χ1n) is 12.1. The van der Waals surface area contributed by atoms with E-state index < -0.39 is 35.3 Å². The van der Waals surface area contributed by atoms with E-state index >= 15 is 0 Å². The van der Waals surface area contributed by atoms with Crippen molar-refractivity contribution in [1.29, 1.82) is 0 Å². The van der Waals surface area contributed by atoms with E-state index in [1.54, 1.807) is 0 Å². The zero-order valence-corrected chi connectivity index (χ0v) is 24.6. The first-order chi connectivity index (χ1) is 17.1. The van der Waals surface area contributed by atoms with Gasteiger partial charge in [0.05, 0.1) is 37.9 Å². The maximum atomic E-state index is 10.8. The third kappa shape index (κ3) is 9.01. The minimum absolute atomic E-state index is 0.189. The van der Waals surface area contributed by atoms with Crippen molar-refractivity contribution in [3.05, 3.63) is 70.3 Å². The topological polar surface area (TPSA) is 129 Å². The van der Waals surface area contributed by atoms with Crippen LogP contribution in [-0.4, -0.2) is 44.5 Å². The molecule has 5 N–H and O–H groups in total. The first kappa shape index (κ1) is 32.2. The molecule has 0 amide bonds. The van der Waals surface area contributed by atoms with Crippen molar-refractivity contribution in [2.45, 2.75) is 72.0 Å². The fraction of sp³-hybridized carbons (Fsp3) is 0.556. The quantitative estimate of drug-likeness (QED) is 0.223. The third-order valence-electron chi connectivity index (χ3n) is 6.27. The Bertz CT molecular complexity index is 937. The van der Waals surface area contributed by atoms with Crippen LogP contribution in [0.1, 0.15) is 75.5 Å². The average molecular weight is 557 g/mol. The van der Waals surface area contributed by atoms with Crippen LogP contribution in [0.25, 0.3) is 0 Å². The predicted molar refractivity (Wildman–Crippen MR) is 147 cm³/mol. The number of benzene rings is 2. The summed E-state index contributed by atoms with van der Waals surface area (Å²) in [5, 5.41) is 10.8. The lowest BCUT2D eigenvalue weighted by atomic mass is 9.69. The molecule has 0 aromatic heterocycles. The molecule has 208 valence electrons. The summed E-state index contributed by atoms with van der Waals surface area (Å²) in [6.45, 7) is 13.6. The lowest BCUT2D eigenvalue weighted by molar-refractivity contribution is -0.116. The number of aryl methyl sites for hydroxylation is 1. The molecule has 2 aromatic rings. The van der Waals surface area contributed by atoms with Gasteiger partial charge in [0, 0.05) is 0 Å². The van der Waals surface area contributed by atoms with Gasteiger partial charge in [-0.15, -0.1) is 0 Å². The second kappa shape index (κ2) is 13.4. The molecule has 0 saturated heterocycles. The van der Waals surface area contributed by atoms with Gasteiger partial charge in [-0.1, -0.05) is 89.6 Å². The van der Waals surface area contributed by atoms with Gasteiger partial charge < -0.3 is 38.5 Å². The minimum atomic E-state index is -2.75. The third-order valence-corrected chi connectivity index (χ3v) is 6.99. The van der Waals surface area contributed by atoms with Crippen LogP contribution >= 0.6 is 17.2 Å². The molecule has 2 aromatic carbocycles. The van der Waals surface area contributed by atoms with Crippen LogP contribution in [0.15, 0.2) is 42.5 Å². The van der Waals surface area contributed by atoms with E-state index in [0.717, 1.165) is 27.8 Å². The Hall–Kier alpha value is -1.02. The first-order valence-corrected chi connectivity index (χ1v) is 14.5. The maximum Gasteiger partial charge on any atom is 0.327 e. The summed E-state index contributed by atoms with van der Waals surface area (Å²) >= 11 is 0. The van der Waals surface area contributed by atoms with Crippen molar-refractivity contribution >= 4 is 17.2 Å². The monoisotopic (exact) mass is 556 g/mol. The molecule has 0 spiro atoms. The van der Waals surface area contributed by atoms with Crippen molar-refractivity contribution < 1.29 is 38.5 Å². The van der Waals surface area contributed by atoms with Gasteiger partial charge in [0.15, 0.2) is 0 Å². The molecule has 37 heavy (non-hydrogen) atoms. The van der Waals surface area contributed by atoms with Gasteiger partial charge in [0.2, 0.25) is 0 Å². The summed E-state index contributed by atoms with van der Waals surface area (Å²) in [6, 6.07) is 13.8. The van der Waals surface area contributed by atoms with Gasteiger partial charge in [0.1, 0.15) is 0 Å². The molecule has 1 unspecified atom stereocenters. The predicted octanol–water partition coefficient (Wildman–Crippen LogP) is 5.28. The number of aliphatic hydroxyl groups excluding tert-OH is 1. The molecule has 0 aliphatic rings. The molecule has 0 fully saturated rings. The van der Waals surface area contributed by atoms with E-state index in [9.17, 15) is 24.7 Å². The van der Waals surface area contributed by atoms with Crippen molar-refractivity contribution in [2.75, 3.05) is 19.8 Å². The van der Waals surface area contributed by atoms with E-state index in [1.807, 2.05) is 37.3 Å². The largest absolute Gasteiger partial charge is 0.395 e. The summed E-state index contributed by atoms with van der Waals surface area (Å²) in [5.41, 5.74) is 2.77. The number of hydrogen-bond acceptors (Lipinski definition) is 8. The van der Waals surface area contributed by atoms with Gasteiger partial charge in [0.25, 0.3) is 0 Å². The van der Waals surface area contributed by atoms with Gasteiger partial charge >= 0.3 is 17.2 Å². The highest BCUT2D eigenvalue weighted by molar-refractivity contribution is 7.39. The lowest BCUT2D eigenvalue weighted by Crippen LogP contribution is -2.44. The van der Waals surface area contributed by atoms with E-state index in [-0.39, 0.29) is 30.7 Å². The van der Waals surface area contributed by atoms with E-state index in [4.69, 9.17) is 13.8 Å². The summed E-state index contributed by atoms with van der Waals surface area (Å²) in [4.78, 5) is 38.4. The average Bonchev–Trinajstić information content (AvgIpc) is 2.80. The second-order valence-electron chi connectivity index (χ2n) is 11.5. The Morgan fingerprint density at radius 2 is 1.24 bits per heavy atom. The van der Waals surface area contributed by atoms with E-state index in [0.29, 0.717) is 0 Å². The van der Waals surface area contributed by atoms with E-state index in [2.05, 4.69) is 53.7 Å². The second-order valence-corrected chi connectivity index (χ2v) is 13.1. The number of hydrogen-bond donors (Lipinski definition) is 5. The lowest BCUT2D eigenvalue weighted by Gasteiger charge is -2.43. The molecule has 1 atom stereocenters. The molecule has 8 nitrogen and oxygen atoms in total. The van der Waals surface area contributed by atoms with E-state index in [1.165, 1.54) is 0 Å². The zero-order chi connectivity index (χ0) is 28.0. The van der Waals surface area contributed by atoms with Crippen LogP contribution < -0.4 is 0 Å². The summed E-state index contributed by atoms with van der Waals surface area (Å²) < 4.78 is 17.1. The van der Waals surface area contributed by atoms with Crippen molar-refractivity contribution in [3.63, 3.8) is 0 Å². The highest BCUT2D eigenvalue weighted by atomic mass is 31.2. The minimum Gasteiger partial charge on any atom is -0.395 e. The fourth-order valence-corrected chi connectivity index (χ4v) is 5.13. The Labute approximate surface area is 223 Å². The van der Waals surface area contributed by atoms with Gasteiger partial charge in [-0.25, -0.2) is 0 Å².